The van der Waals surface area contributed by atoms with Crippen molar-refractivity contribution in [1.29, 1.82) is 0 Å². The number of carbonyl (C=O) groups is 1. The number of para-hydroxylation sites is 2. The van der Waals surface area contributed by atoms with E-state index in [2.05, 4.69) is 42.2 Å². The Labute approximate surface area is 155 Å². The summed E-state index contributed by atoms with van der Waals surface area (Å²) in [6.07, 6.45) is 3.00. The third-order valence-corrected chi connectivity index (χ3v) is 5.30. The number of amides is 1. The molecule has 2 aliphatic heterocycles. The maximum absolute atomic E-state index is 13.0. The number of fused-ring (bicyclic) bond motifs is 1. The lowest BCUT2D eigenvalue weighted by molar-refractivity contribution is -0.139. The first-order valence-corrected chi connectivity index (χ1v) is 9.56. The molecule has 0 unspecified atom stereocenters. The van der Waals surface area contributed by atoms with Gasteiger partial charge in [0.1, 0.15) is 5.75 Å². The molecule has 0 N–H and O–H groups in total. The second-order valence-electron chi connectivity index (χ2n) is 7.33. The number of nitrogens with zero attached hydrogens (tertiary/aromatic N) is 2. The van der Waals surface area contributed by atoms with E-state index in [1.165, 1.54) is 17.5 Å². The molecule has 26 heavy (non-hydrogen) atoms. The van der Waals surface area contributed by atoms with Gasteiger partial charge in [0.15, 0.2) is 6.10 Å². The van der Waals surface area contributed by atoms with Gasteiger partial charge < -0.3 is 14.5 Å². The molecule has 0 aromatic heterocycles. The van der Waals surface area contributed by atoms with Crippen LogP contribution in [0.15, 0.2) is 48.5 Å². The summed E-state index contributed by atoms with van der Waals surface area (Å²) in [6.45, 7) is 5.20. The van der Waals surface area contributed by atoms with Gasteiger partial charge in [0, 0.05) is 19.6 Å². The number of likely N-dealkylation sites (tertiary alicyclic amines) is 1. The Morgan fingerprint density at radius 1 is 1.04 bits per heavy atom. The van der Waals surface area contributed by atoms with Gasteiger partial charge in [0.25, 0.3) is 5.91 Å². The highest BCUT2D eigenvalue weighted by atomic mass is 16.5. The molecule has 136 valence electrons. The minimum Gasteiger partial charge on any atom is -0.477 e. The van der Waals surface area contributed by atoms with E-state index in [9.17, 15) is 4.79 Å². The van der Waals surface area contributed by atoms with E-state index in [0.717, 1.165) is 43.9 Å². The summed E-state index contributed by atoms with van der Waals surface area (Å²) in [4.78, 5) is 17.2. The number of rotatable bonds is 3. The zero-order valence-electron chi connectivity index (χ0n) is 15.4. The molecular weight excluding hydrogens is 324 g/mol. The minimum atomic E-state index is -0.423. The summed E-state index contributed by atoms with van der Waals surface area (Å²) in [5.41, 5.74) is 3.57. The number of benzene rings is 2. The van der Waals surface area contributed by atoms with E-state index in [4.69, 9.17) is 4.74 Å². The summed E-state index contributed by atoms with van der Waals surface area (Å²) in [5, 5.41) is 0. The molecule has 1 atom stereocenters. The first-order chi connectivity index (χ1) is 12.7. The number of carbonyl (C=O) groups excluding carboxylic acids is 1. The Kier molecular flexibility index (Phi) is 4.83. The van der Waals surface area contributed by atoms with Crippen LogP contribution in [0.5, 0.6) is 5.75 Å². The lowest BCUT2D eigenvalue weighted by Gasteiger charge is -2.38. The van der Waals surface area contributed by atoms with Crippen LogP contribution in [0.2, 0.25) is 0 Å². The molecule has 2 aromatic carbocycles. The van der Waals surface area contributed by atoms with Gasteiger partial charge >= 0.3 is 0 Å². The Morgan fingerprint density at radius 2 is 1.77 bits per heavy atom. The van der Waals surface area contributed by atoms with Crippen molar-refractivity contribution in [2.24, 2.45) is 0 Å². The van der Waals surface area contributed by atoms with Crippen LogP contribution in [0.3, 0.4) is 0 Å². The van der Waals surface area contributed by atoms with Crippen molar-refractivity contribution in [3.05, 3.63) is 59.7 Å². The molecule has 4 nitrogen and oxygen atoms in total. The first kappa shape index (κ1) is 17.0. The van der Waals surface area contributed by atoms with Gasteiger partial charge in [-0.3, -0.25) is 4.79 Å². The number of ether oxygens (including phenoxy) is 1. The van der Waals surface area contributed by atoms with Gasteiger partial charge in [-0.1, -0.05) is 42.0 Å². The number of aryl methyl sites for hydroxylation is 1. The topological polar surface area (TPSA) is 32.8 Å². The lowest BCUT2D eigenvalue weighted by Crippen LogP contribution is -2.51. The minimum absolute atomic E-state index is 0.133. The molecule has 0 bridgehead atoms. The van der Waals surface area contributed by atoms with Crippen molar-refractivity contribution < 1.29 is 9.53 Å². The highest BCUT2D eigenvalue weighted by Crippen LogP contribution is 2.34. The maximum Gasteiger partial charge on any atom is 0.265 e. The normalized spacial score (nSPS) is 19.7. The Hall–Kier alpha value is -2.49. The Morgan fingerprint density at radius 3 is 2.54 bits per heavy atom. The fourth-order valence-corrected chi connectivity index (χ4v) is 3.82. The summed E-state index contributed by atoms with van der Waals surface area (Å²) in [7, 11) is 0. The smallest absolute Gasteiger partial charge is 0.265 e. The fraction of sp³-hybridized carbons (Fsp3) is 0.409. The number of hydrogen-bond acceptors (Lipinski definition) is 3. The zero-order chi connectivity index (χ0) is 17.9. The molecule has 0 spiro atoms. The molecule has 0 saturated carbocycles. The second kappa shape index (κ2) is 7.40. The number of hydrogen-bond donors (Lipinski definition) is 0. The Bertz CT molecular complexity index is 766. The van der Waals surface area contributed by atoms with Crippen LogP contribution in [0.25, 0.3) is 0 Å². The standard InChI is InChI=1S/C22H26N2O2/c1-17-9-11-18(12-10-17)15-24-16-21(22(25)23-13-5-2-6-14-23)26-20-8-4-3-7-19(20)24/h3-4,7-12,21H,2,5-6,13-16H2,1H3/t21-/m0/s1. The molecule has 4 rings (SSSR count). The summed E-state index contributed by atoms with van der Waals surface area (Å²) in [5.74, 6) is 0.939. The third kappa shape index (κ3) is 3.55. The molecule has 1 fully saturated rings. The SMILES string of the molecule is Cc1ccc(CN2C[C@@H](C(=O)N3CCCCC3)Oc3ccccc32)cc1. The van der Waals surface area contributed by atoms with E-state index in [1.54, 1.807) is 0 Å². The van der Waals surface area contributed by atoms with E-state index in [0.29, 0.717) is 6.54 Å². The summed E-state index contributed by atoms with van der Waals surface area (Å²) in [6, 6.07) is 16.6. The van der Waals surface area contributed by atoms with Crippen LogP contribution in [-0.2, 0) is 11.3 Å². The lowest BCUT2D eigenvalue weighted by atomic mass is 10.1. The van der Waals surface area contributed by atoms with Crippen LogP contribution >= 0.6 is 0 Å². The van der Waals surface area contributed by atoms with Gasteiger partial charge in [-0.2, -0.15) is 0 Å². The molecule has 1 saturated heterocycles. The van der Waals surface area contributed by atoms with E-state index < -0.39 is 6.10 Å². The molecule has 0 aliphatic carbocycles. The van der Waals surface area contributed by atoms with E-state index in [1.807, 2.05) is 23.1 Å². The van der Waals surface area contributed by atoms with Gasteiger partial charge in [0.2, 0.25) is 0 Å². The maximum atomic E-state index is 13.0. The van der Waals surface area contributed by atoms with Crippen LogP contribution in [0.1, 0.15) is 30.4 Å². The second-order valence-corrected chi connectivity index (χ2v) is 7.33. The van der Waals surface area contributed by atoms with E-state index >= 15 is 0 Å². The first-order valence-electron chi connectivity index (χ1n) is 9.56. The molecule has 2 aromatic rings. The van der Waals surface area contributed by atoms with Gasteiger partial charge in [-0.25, -0.2) is 0 Å². The Balaban J connectivity index is 1.56. The van der Waals surface area contributed by atoms with Crippen LogP contribution in [0, 0.1) is 6.92 Å². The van der Waals surface area contributed by atoms with E-state index in [-0.39, 0.29) is 5.91 Å². The zero-order valence-corrected chi connectivity index (χ0v) is 15.4. The third-order valence-electron chi connectivity index (χ3n) is 5.30. The summed E-state index contributed by atoms with van der Waals surface area (Å²) >= 11 is 0. The molecule has 0 radical (unpaired) electrons. The average molecular weight is 350 g/mol. The predicted molar refractivity (Wildman–Crippen MR) is 104 cm³/mol. The van der Waals surface area contributed by atoms with Crippen LogP contribution in [0.4, 0.5) is 5.69 Å². The molecule has 4 heteroatoms. The van der Waals surface area contributed by atoms with Gasteiger partial charge in [-0.15, -0.1) is 0 Å². The molecule has 2 heterocycles. The number of piperidine rings is 1. The average Bonchev–Trinajstić information content (AvgIpc) is 2.69. The highest BCUT2D eigenvalue weighted by molar-refractivity contribution is 5.83. The van der Waals surface area contributed by atoms with Gasteiger partial charge in [-0.05, 0) is 43.9 Å². The van der Waals surface area contributed by atoms with Crippen molar-refractivity contribution in [3.63, 3.8) is 0 Å². The fourth-order valence-electron chi connectivity index (χ4n) is 3.82. The molecule has 2 aliphatic rings. The summed E-state index contributed by atoms with van der Waals surface area (Å²) < 4.78 is 6.10. The van der Waals surface area contributed by atoms with Crippen molar-refractivity contribution in [3.8, 4) is 5.75 Å². The van der Waals surface area contributed by atoms with Gasteiger partial charge in [0.05, 0.1) is 12.2 Å². The van der Waals surface area contributed by atoms with Crippen LogP contribution in [-0.4, -0.2) is 36.5 Å². The van der Waals surface area contributed by atoms with Crippen molar-refractivity contribution in [1.82, 2.24) is 4.90 Å². The van der Waals surface area contributed by atoms with Crippen LogP contribution < -0.4 is 9.64 Å². The predicted octanol–water partition coefficient (Wildman–Crippen LogP) is 3.78. The largest absolute Gasteiger partial charge is 0.477 e. The monoisotopic (exact) mass is 350 g/mol. The van der Waals surface area contributed by atoms with Crippen molar-refractivity contribution in [2.75, 3.05) is 24.5 Å². The number of anilines is 1. The van der Waals surface area contributed by atoms with Crippen molar-refractivity contribution >= 4 is 11.6 Å². The quantitative estimate of drug-likeness (QED) is 0.845. The molecular formula is C22H26N2O2. The highest BCUT2D eigenvalue weighted by Gasteiger charge is 2.33. The molecule has 1 amide bonds. The van der Waals surface area contributed by atoms with Crippen molar-refractivity contribution in [2.45, 2.75) is 38.8 Å².